The van der Waals surface area contributed by atoms with Gasteiger partial charge < -0.3 is 9.47 Å². The highest BCUT2D eigenvalue weighted by molar-refractivity contribution is 5.87. The van der Waals surface area contributed by atoms with Crippen molar-refractivity contribution in [1.29, 1.82) is 0 Å². The quantitative estimate of drug-likeness (QED) is 0.533. The van der Waals surface area contributed by atoms with E-state index in [4.69, 9.17) is 9.47 Å². The van der Waals surface area contributed by atoms with Crippen molar-refractivity contribution in [2.24, 2.45) is 46.3 Å². The van der Waals surface area contributed by atoms with Gasteiger partial charge in [-0.05, 0) is 92.3 Å². The van der Waals surface area contributed by atoms with Crippen molar-refractivity contribution in [3.8, 4) is 0 Å². The molecule has 9 atom stereocenters. The summed E-state index contributed by atoms with van der Waals surface area (Å²) in [5.41, 5.74) is -0.0556. The second kappa shape index (κ2) is 8.76. The van der Waals surface area contributed by atoms with E-state index in [9.17, 15) is 14.4 Å². The Morgan fingerprint density at radius 3 is 2.53 bits per heavy atom. The monoisotopic (exact) mass is 446 g/mol. The molecule has 0 radical (unpaired) electrons. The Kier molecular flexibility index (Phi) is 6.50. The fourth-order valence-corrected chi connectivity index (χ4v) is 8.86. The Bertz CT molecular complexity index is 761. The van der Waals surface area contributed by atoms with E-state index in [-0.39, 0.29) is 28.9 Å². The number of carbonyl (C=O) groups is 3. The Morgan fingerprint density at radius 1 is 1.09 bits per heavy atom. The number of Topliss-reactive ketones (excluding diaryl/α,β-unsaturated/α-hetero) is 1. The maximum Gasteiger partial charge on any atom is 0.305 e. The summed E-state index contributed by atoms with van der Waals surface area (Å²) in [6, 6.07) is 0. The normalized spacial score (nSPS) is 44.1. The van der Waals surface area contributed by atoms with E-state index in [0.29, 0.717) is 54.1 Å². The van der Waals surface area contributed by atoms with Gasteiger partial charge in [0.15, 0.2) is 0 Å². The van der Waals surface area contributed by atoms with Crippen molar-refractivity contribution in [2.75, 3.05) is 7.11 Å². The van der Waals surface area contributed by atoms with Crippen molar-refractivity contribution in [3.05, 3.63) is 0 Å². The Hall–Kier alpha value is -1.39. The first kappa shape index (κ1) is 23.8. The first-order valence-electron chi connectivity index (χ1n) is 12.9. The summed E-state index contributed by atoms with van der Waals surface area (Å²) in [5, 5.41) is 0. The summed E-state index contributed by atoms with van der Waals surface area (Å²) in [6.45, 7) is 8.43. The zero-order chi connectivity index (χ0) is 23.3. The molecule has 4 aliphatic carbocycles. The molecule has 4 rings (SSSR count). The number of fused-ring (bicyclic) bond motifs is 5. The number of ether oxygens (including phenoxy) is 2. The van der Waals surface area contributed by atoms with Crippen molar-refractivity contribution >= 4 is 17.7 Å². The fourth-order valence-electron chi connectivity index (χ4n) is 8.86. The second-order valence-electron chi connectivity index (χ2n) is 11.8. The van der Waals surface area contributed by atoms with E-state index < -0.39 is 0 Å². The highest BCUT2D eigenvalue weighted by Gasteiger charge is 2.64. The predicted octanol–water partition coefficient (Wildman–Crippen LogP) is 5.35. The van der Waals surface area contributed by atoms with Gasteiger partial charge in [0.05, 0.1) is 7.11 Å². The third-order valence-electron chi connectivity index (χ3n) is 10.6. The molecule has 0 aliphatic heterocycles. The molecular formula is C27H42O5. The van der Waals surface area contributed by atoms with E-state index in [1.165, 1.54) is 26.9 Å². The molecule has 5 nitrogen and oxygen atoms in total. The van der Waals surface area contributed by atoms with Gasteiger partial charge in [0.1, 0.15) is 11.9 Å². The molecule has 32 heavy (non-hydrogen) atoms. The number of rotatable bonds is 5. The summed E-state index contributed by atoms with van der Waals surface area (Å²) in [6.07, 6.45) is 9.61. The molecule has 0 heterocycles. The number of hydrogen-bond acceptors (Lipinski definition) is 5. The van der Waals surface area contributed by atoms with Gasteiger partial charge in [-0.15, -0.1) is 0 Å². The molecule has 0 saturated heterocycles. The van der Waals surface area contributed by atoms with Gasteiger partial charge in [-0.1, -0.05) is 20.8 Å². The van der Waals surface area contributed by atoms with Crippen LogP contribution in [0.4, 0.5) is 0 Å². The van der Waals surface area contributed by atoms with Gasteiger partial charge >= 0.3 is 11.9 Å². The van der Waals surface area contributed by atoms with Crippen LogP contribution < -0.4 is 0 Å². The highest BCUT2D eigenvalue weighted by Crippen LogP contribution is 2.67. The van der Waals surface area contributed by atoms with E-state index in [1.54, 1.807) is 0 Å². The van der Waals surface area contributed by atoms with Crippen LogP contribution in [0.15, 0.2) is 0 Å². The molecule has 0 aromatic heterocycles. The van der Waals surface area contributed by atoms with E-state index in [1.807, 2.05) is 0 Å². The molecule has 0 bridgehead atoms. The van der Waals surface area contributed by atoms with Crippen LogP contribution in [0.1, 0.15) is 91.9 Å². The van der Waals surface area contributed by atoms with Crippen LogP contribution in [0.5, 0.6) is 0 Å². The average molecular weight is 447 g/mol. The van der Waals surface area contributed by atoms with Gasteiger partial charge in [-0.2, -0.15) is 0 Å². The number of methoxy groups -OCH3 is 1. The number of hydrogen-bond donors (Lipinski definition) is 0. The SMILES string of the molecule is COC(=O)CCC(C)C1CCC2C3CCC4CC(OC(C)=O)CC[C@]4(C)C3CC(=O)[C@]12C. The number of ketones is 1. The second-order valence-corrected chi connectivity index (χ2v) is 11.8. The Labute approximate surface area is 193 Å². The zero-order valence-corrected chi connectivity index (χ0v) is 20.7. The zero-order valence-electron chi connectivity index (χ0n) is 20.7. The standard InChI is InChI=1S/C27H42O5/c1-16(6-11-25(30)31-5)21-9-10-22-20-8-7-18-14-19(32-17(2)28)12-13-26(18,3)23(20)15-24(29)27(21,22)4/h16,18-23H,6-15H2,1-5H3/t16?,18?,19?,20?,21?,22?,23?,26-,27+/m0/s1. The van der Waals surface area contributed by atoms with E-state index >= 15 is 0 Å². The maximum atomic E-state index is 13.8. The molecule has 4 aliphatic rings. The van der Waals surface area contributed by atoms with Crippen LogP contribution >= 0.6 is 0 Å². The van der Waals surface area contributed by atoms with Crippen molar-refractivity contribution in [1.82, 2.24) is 0 Å². The van der Waals surface area contributed by atoms with Crippen molar-refractivity contribution in [3.63, 3.8) is 0 Å². The number of carbonyl (C=O) groups excluding carboxylic acids is 3. The molecule has 4 fully saturated rings. The lowest BCUT2D eigenvalue weighted by molar-refractivity contribution is -0.167. The summed E-state index contributed by atoms with van der Waals surface area (Å²) in [4.78, 5) is 37.0. The fraction of sp³-hybridized carbons (Fsp3) is 0.889. The molecule has 180 valence electrons. The molecular weight excluding hydrogens is 404 g/mol. The average Bonchev–Trinajstić information content (AvgIpc) is 3.11. The highest BCUT2D eigenvalue weighted by atomic mass is 16.5. The van der Waals surface area contributed by atoms with Crippen LogP contribution in [-0.2, 0) is 23.9 Å². The molecule has 5 heteroatoms. The van der Waals surface area contributed by atoms with Gasteiger partial charge in [-0.25, -0.2) is 0 Å². The van der Waals surface area contributed by atoms with E-state index in [2.05, 4.69) is 20.8 Å². The number of esters is 2. The van der Waals surface area contributed by atoms with Crippen LogP contribution in [0.25, 0.3) is 0 Å². The summed E-state index contributed by atoms with van der Waals surface area (Å²) in [5.74, 6) is 3.00. The maximum absolute atomic E-state index is 13.8. The smallest absolute Gasteiger partial charge is 0.305 e. The van der Waals surface area contributed by atoms with Crippen LogP contribution in [-0.4, -0.2) is 30.9 Å². The lowest BCUT2D eigenvalue weighted by Crippen LogP contribution is -2.57. The lowest BCUT2D eigenvalue weighted by atomic mass is 9.44. The Morgan fingerprint density at radius 2 is 1.84 bits per heavy atom. The molecule has 0 spiro atoms. The summed E-state index contributed by atoms with van der Waals surface area (Å²) in [7, 11) is 1.45. The van der Waals surface area contributed by atoms with Crippen molar-refractivity contribution in [2.45, 2.75) is 98.0 Å². The summed E-state index contributed by atoms with van der Waals surface area (Å²) < 4.78 is 10.4. The predicted molar refractivity (Wildman–Crippen MR) is 122 cm³/mol. The molecule has 0 amide bonds. The minimum absolute atomic E-state index is 0.0539. The summed E-state index contributed by atoms with van der Waals surface area (Å²) >= 11 is 0. The third kappa shape index (κ3) is 3.81. The minimum Gasteiger partial charge on any atom is -0.469 e. The van der Waals surface area contributed by atoms with Gasteiger partial charge in [0.25, 0.3) is 0 Å². The topological polar surface area (TPSA) is 69.7 Å². The van der Waals surface area contributed by atoms with Crippen LogP contribution in [0, 0.1) is 46.3 Å². The van der Waals surface area contributed by atoms with Crippen molar-refractivity contribution < 1.29 is 23.9 Å². The first-order valence-corrected chi connectivity index (χ1v) is 12.9. The minimum atomic E-state index is -0.241. The van der Waals surface area contributed by atoms with Gasteiger partial charge in [0, 0.05) is 25.2 Å². The Balaban J connectivity index is 1.50. The first-order chi connectivity index (χ1) is 15.1. The largest absolute Gasteiger partial charge is 0.469 e. The van der Waals surface area contributed by atoms with Crippen LogP contribution in [0.2, 0.25) is 0 Å². The molecule has 0 N–H and O–H groups in total. The molecule has 0 aromatic carbocycles. The molecule has 0 aromatic rings. The van der Waals surface area contributed by atoms with E-state index in [0.717, 1.165) is 38.5 Å². The lowest BCUT2D eigenvalue weighted by Gasteiger charge is -2.60. The third-order valence-corrected chi connectivity index (χ3v) is 10.6. The van der Waals surface area contributed by atoms with Gasteiger partial charge in [-0.3, -0.25) is 14.4 Å². The van der Waals surface area contributed by atoms with Gasteiger partial charge in [0.2, 0.25) is 0 Å². The van der Waals surface area contributed by atoms with Crippen LogP contribution in [0.3, 0.4) is 0 Å². The molecule has 7 unspecified atom stereocenters. The molecule has 4 saturated carbocycles.